The maximum Gasteiger partial charge on any atom is 0.266 e. The fourth-order valence-corrected chi connectivity index (χ4v) is 1.27. The van der Waals surface area contributed by atoms with E-state index in [0.717, 1.165) is 10.5 Å². The fraction of sp³-hybridized carbons (Fsp3) is 0.231. The molecule has 0 unspecified atom stereocenters. The summed E-state index contributed by atoms with van der Waals surface area (Å²) in [6.45, 7) is 5.90. The molecule has 1 rings (SSSR count). The molecule has 3 nitrogen and oxygen atoms in total. The summed E-state index contributed by atoms with van der Waals surface area (Å²) in [6, 6.07) is 7.18. The summed E-state index contributed by atoms with van der Waals surface area (Å²) in [4.78, 5) is 13.0. The Kier molecular flexibility index (Phi) is 4.28. The van der Waals surface area contributed by atoms with Crippen molar-refractivity contribution in [3.05, 3.63) is 48.0 Å². The zero-order chi connectivity index (χ0) is 12.0. The van der Waals surface area contributed by atoms with Crippen LogP contribution >= 0.6 is 0 Å². The molecule has 0 fully saturated rings. The summed E-state index contributed by atoms with van der Waals surface area (Å²) < 4.78 is 0. The third-order valence-corrected chi connectivity index (χ3v) is 2.22. The molecule has 3 heteroatoms. The molecule has 1 amide bonds. The first-order valence-corrected chi connectivity index (χ1v) is 5.08. The Morgan fingerprint density at radius 2 is 2.12 bits per heavy atom. The number of carbonyl (C=O) groups is 1. The van der Waals surface area contributed by atoms with E-state index in [4.69, 9.17) is 5.26 Å². The zero-order valence-corrected chi connectivity index (χ0v) is 9.31. The van der Waals surface area contributed by atoms with Crippen molar-refractivity contribution < 1.29 is 4.79 Å². The van der Waals surface area contributed by atoms with Crippen LogP contribution in [-0.2, 0) is 0 Å². The van der Waals surface area contributed by atoms with Gasteiger partial charge in [-0.2, -0.15) is 5.26 Å². The second-order valence-electron chi connectivity index (χ2n) is 3.50. The van der Waals surface area contributed by atoms with Crippen molar-refractivity contribution >= 4 is 5.91 Å². The Bertz CT molecular complexity index is 415. The van der Waals surface area contributed by atoms with Gasteiger partial charge in [-0.15, -0.1) is 6.58 Å². The highest BCUT2D eigenvalue weighted by Crippen LogP contribution is 2.07. The van der Waals surface area contributed by atoms with Crippen LogP contribution in [0.4, 0.5) is 0 Å². The van der Waals surface area contributed by atoms with Crippen LogP contribution in [0.2, 0.25) is 0 Å². The van der Waals surface area contributed by atoms with Gasteiger partial charge in [-0.25, -0.2) is 4.90 Å². The van der Waals surface area contributed by atoms with Crippen LogP contribution in [-0.4, -0.2) is 17.4 Å². The molecule has 0 aromatic heterocycles. The van der Waals surface area contributed by atoms with Gasteiger partial charge in [0.2, 0.25) is 0 Å². The highest BCUT2D eigenvalue weighted by molar-refractivity contribution is 5.95. The van der Waals surface area contributed by atoms with Gasteiger partial charge in [-0.05, 0) is 25.5 Å². The minimum Gasteiger partial charge on any atom is -0.268 e. The number of nitrogens with zero attached hydrogens (tertiary/aromatic N) is 2. The predicted molar refractivity (Wildman–Crippen MR) is 62.6 cm³/mol. The third kappa shape index (κ3) is 2.96. The first kappa shape index (κ1) is 12.0. The molecule has 1 aromatic carbocycles. The number of hydrogen-bond acceptors (Lipinski definition) is 2. The molecule has 0 aliphatic carbocycles. The van der Waals surface area contributed by atoms with Gasteiger partial charge in [-0.3, -0.25) is 4.79 Å². The van der Waals surface area contributed by atoms with E-state index >= 15 is 0 Å². The molecule has 0 aliphatic heterocycles. The molecule has 82 valence electrons. The lowest BCUT2D eigenvalue weighted by Gasteiger charge is -2.12. The molecule has 1 aromatic rings. The summed E-state index contributed by atoms with van der Waals surface area (Å²) >= 11 is 0. The summed E-state index contributed by atoms with van der Waals surface area (Å²) in [6.07, 6.45) is 4.19. The van der Waals surface area contributed by atoms with Gasteiger partial charge in [0.15, 0.2) is 6.19 Å². The average Bonchev–Trinajstić information content (AvgIpc) is 2.30. The van der Waals surface area contributed by atoms with E-state index in [1.54, 1.807) is 18.2 Å². The molecule has 0 spiro atoms. The molecule has 0 aliphatic rings. The molecule has 0 heterocycles. The van der Waals surface area contributed by atoms with Crippen LogP contribution in [0, 0.1) is 18.4 Å². The predicted octanol–water partition coefficient (Wildman–Crippen LogP) is 2.49. The van der Waals surface area contributed by atoms with E-state index in [1.807, 2.05) is 25.2 Å². The second kappa shape index (κ2) is 5.72. The lowest BCUT2D eigenvalue weighted by Crippen LogP contribution is -2.26. The minimum atomic E-state index is -0.260. The monoisotopic (exact) mass is 214 g/mol. The summed E-state index contributed by atoms with van der Waals surface area (Å²) in [5.41, 5.74) is 1.63. The van der Waals surface area contributed by atoms with Gasteiger partial charge < -0.3 is 0 Å². The largest absolute Gasteiger partial charge is 0.268 e. The van der Waals surface area contributed by atoms with Crippen LogP contribution in [0.1, 0.15) is 22.3 Å². The highest BCUT2D eigenvalue weighted by atomic mass is 16.2. The number of benzene rings is 1. The van der Waals surface area contributed by atoms with Gasteiger partial charge in [0.1, 0.15) is 0 Å². The number of hydrogen-bond donors (Lipinski definition) is 0. The molecule has 0 saturated heterocycles. The molecular formula is C13H14N2O. The van der Waals surface area contributed by atoms with Crippen LogP contribution in [0.25, 0.3) is 0 Å². The fourth-order valence-electron chi connectivity index (χ4n) is 1.27. The first-order chi connectivity index (χ1) is 7.69. The number of aryl methyl sites for hydroxylation is 1. The summed E-state index contributed by atoms with van der Waals surface area (Å²) in [5, 5.41) is 8.86. The van der Waals surface area contributed by atoms with Crippen molar-refractivity contribution in [1.82, 2.24) is 4.90 Å². The number of amides is 1. The molecule has 0 saturated carbocycles. The van der Waals surface area contributed by atoms with E-state index in [1.165, 1.54) is 0 Å². The van der Waals surface area contributed by atoms with Crippen LogP contribution in [0.5, 0.6) is 0 Å². The quantitative estimate of drug-likeness (QED) is 0.439. The van der Waals surface area contributed by atoms with Crippen molar-refractivity contribution in [3.8, 4) is 6.19 Å². The summed E-state index contributed by atoms with van der Waals surface area (Å²) in [5.74, 6) is -0.260. The Balaban J connectivity index is 2.79. The van der Waals surface area contributed by atoms with Gasteiger partial charge in [0, 0.05) is 12.1 Å². The number of rotatable bonds is 4. The topological polar surface area (TPSA) is 44.1 Å². The van der Waals surface area contributed by atoms with Crippen molar-refractivity contribution in [2.75, 3.05) is 6.54 Å². The maximum absolute atomic E-state index is 11.9. The van der Waals surface area contributed by atoms with E-state index in [2.05, 4.69) is 6.58 Å². The van der Waals surface area contributed by atoms with Crippen molar-refractivity contribution in [1.29, 1.82) is 5.26 Å². The molecular weight excluding hydrogens is 200 g/mol. The first-order valence-electron chi connectivity index (χ1n) is 5.08. The zero-order valence-electron chi connectivity index (χ0n) is 9.31. The van der Waals surface area contributed by atoms with Crippen molar-refractivity contribution in [2.45, 2.75) is 13.3 Å². The smallest absolute Gasteiger partial charge is 0.266 e. The van der Waals surface area contributed by atoms with E-state index in [9.17, 15) is 4.79 Å². The Morgan fingerprint density at radius 3 is 2.62 bits per heavy atom. The highest BCUT2D eigenvalue weighted by Gasteiger charge is 2.13. The van der Waals surface area contributed by atoms with Gasteiger partial charge in [0.05, 0.1) is 0 Å². The molecule has 0 radical (unpaired) electrons. The Morgan fingerprint density at radius 1 is 1.50 bits per heavy atom. The third-order valence-electron chi connectivity index (χ3n) is 2.22. The number of nitriles is 1. The molecule has 16 heavy (non-hydrogen) atoms. The lowest BCUT2D eigenvalue weighted by molar-refractivity contribution is 0.0834. The molecule has 0 atom stereocenters. The van der Waals surface area contributed by atoms with E-state index in [0.29, 0.717) is 18.5 Å². The van der Waals surface area contributed by atoms with Gasteiger partial charge in [-0.1, -0.05) is 23.8 Å². The van der Waals surface area contributed by atoms with Crippen LogP contribution < -0.4 is 0 Å². The Labute approximate surface area is 95.6 Å². The van der Waals surface area contributed by atoms with Gasteiger partial charge >= 0.3 is 0 Å². The molecule has 0 bridgehead atoms. The molecule has 0 N–H and O–H groups in total. The SMILES string of the molecule is C=CCCN(C#N)C(=O)c1ccc(C)cc1. The van der Waals surface area contributed by atoms with Crippen molar-refractivity contribution in [2.24, 2.45) is 0 Å². The van der Waals surface area contributed by atoms with E-state index in [-0.39, 0.29) is 5.91 Å². The number of carbonyl (C=O) groups excluding carboxylic acids is 1. The van der Waals surface area contributed by atoms with Crippen molar-refractivity contribution in [3.63, 3.8) is 0 Å². The second-order valence-corrected chi connectivity index (χ2v) is 3.50. The normalized spacial score (nSPS) is 9.25. The Hall–Kier alpha value is -2.08. The van der Waals surface area contributed by atoms with E-state index < -0.39 is 0 Å². The van der Waals surface area contributed by atoms with Crippen LogP contribution in [0.15, 0.2) is 36.9 Å². The standard InChI is InChI=1S/C13H14N2O/c1-3-4-9-15(10-14)13(16)12-7-5-11(2)6-8-12/h3,5-8H,1,4,9H2,2H3. The summed E-state index contributed by atoms with van der Waals surface area (Å²) in [7, 11) is 0. The maximum atomic E-state index is 11.9. The van der Waals surface area contributed by atoms with Crippen LogP contribution in [0.3, 0.4) is 0 Å². The van der Waals surface area contributed by atoms with Gasteiger partial charge in [0.25, 0.3) is 5.91 Å². The average molecular weight is 214 g/mol. The minimum absolute atomic E-state index is 0.260. The lowest BCUT2D eigenvalue weighted by atomic mass is 10.1.